The molecule has 2 aliphatic rings. The number of aromatic nitrogens is 1. The summed E-state index contributed by atoms with van der Waals surface area (Å²) < 4.78 is 4.77. The third kappa shape index (κ3) is 1.77. The lowest BCUT2D eigenvalue weighted by Gasteiger charge is -2.45. The summed E-state index contributed by atoms with van der Waals surface area (Å²) in [5.41, 5.74) is 6.72. The molecular weight excluding hydrogens is 266 g/mol. The maximum Gasteiger partial charge on any atom is 0.409 e. The van der Waals surface area contributed by atoms with Crippen LogP contribution in [0.25, 0.3) is 0 Å². The molecule has 1 saturated heterocycles. The van der Waals surface area contributed by atoms with Gasteiger partial charge in [0, 0.05) is 13.0 Å². The number of carbonyl (C=O) groups is 1. The van der Waals surface area contributed by atoms with E-state index in [1.165, 1.54) is 18.4 Å². The molecule has 1 aromatic rings. The van der Waals surface area contributed by atoms with Crippen molar-refractivity contribution in [2.45, 2.75) is 18.5 Å². The summed E-state index contributed by atoms with van der Waals surface area (Å²) in [6.45, 7) is 0.916. The number of anilines is 1. The van der Waals surface area contributed by atoms with Gasteiger partial charge in [-0.05, 0) is 0 Å². The number of piperazine rings is 1. The molecule has 3 heterocycles. The van der Waals surface area contributed by atoms with Crippen molar-refractivity contribution in [1.29, 1.82) is 5.26 Å². The molecule has 1 amide bonds. The number of nitriles is 1. The summed E-state index contributed by atoms with van der Waals surface area (Å²) in [5.74, 6) is 0. The van der Waals surface area contributed by atoms with Crippen molar-refractivity contribution in [3.05, 3.63) is 10.6 Å². The summed E-state index contributed by atoms with van der Waals surface area (Å²) in [5, 5.41) is 9.82. The van der Waals surface area contributed by atoms with E-state index >= 15 is 0 Å². The van der Waals surface area contributed by atoms with Gasteiger partial charge < -0.3 is 15.4 Å². The van der Waals surface area contributed by atoms with Crippen LogP contribution in [0.4, 0.5) is 9.93 Å². The number of amides is 1. The number of methoxy groups -OCH3 is 1. The van der Waals surface area contributed by atoms with Crippen LogP contribution in [0.2, 0.25) is 0 Å². The average molecular weight is 279 g/mol. The van der Waals surface area contributed by atoms with Gasteiger partial charge in [-0.1, -0.05) is 11.3 Å². The summed E-state index contributed by atoms with van der Waals surface area (Å²) in [7, 11) is 1.37. The van der Waals surface area contributed by atoms with Crippen LogP contribution in [0.5, 0.6) is 0 Å². The molecule has 19 heavy (non-hydrogen) atoms. The van der Waals surface area contributed by atoms with Crippen LogP contribution in [0, 0.1) is 11.5 Å². The molecular formula is C11H13N5O2S. The average Bonchev–Trinajstić information content (AvgIpc) is 2.77. The lowest BCUT2D eigenvalue weighted by molar-refractivity contribution is 0.0465. The fourth-order valence-corrected chi connectivity index (χ4v) is 3.73. The van der Waals surface area contributed by atoms with Crippen molar-refractivity contribution in [2.75, 3.05) is 25.9 Å². The molecule has 1 aromatic heterocycles. The van der Waals surface area contributed by atoms with Gasteiger partial charge in [0.25, 0.3) is 0 Å². The second-order valence-corrected chi connectivity index (χ2v) is 5.68. The van der Waals surface area contributed by atoms with Gasteiger partial charge in [0.15, 0.2) is 11.3 Å². The quantitative estimate of drug-likeness (QED) is 0.697. The Kier molecular flexibility index (Phi) is 2.71. The van der Waals surface area contributed by atoms with E-state index in [-0.39, 0.29) is 18.2 Å². The number of nitrogens with two attached hydrogens (primary N) is 1. The fourth-order valence-electron chi connectivity index (χ4n) is 2.78. The maximum atomic E-state index is 11.7. The Morgan fingerprint density at radius 3 is 3.11 bits per heavy atom. The number of nitrogen functional groups attached to an aromatic ring is 1. The van der Waals surface area contributed by atoms with Crippen LogP contribution < -0.4 is 5.73 Å². The van der Waals surface area contributed by atoms with Gasteiger partial charge in [0.05, 0.1) is 36.3 Å². The highest BCUT2D eigenvalue weighted by Gasteiger charge is 2.43. The van der Waals surface area contributed by atoms with E-state index < -0.39 is 0 Å². The van der Waals surface area contributed by atoms with Crippen LogP contribution in [-0.4, -0.2) is 47.1 Å². The number of carbonyl (C=O) groups excluding carboxylic acids is 1. The molecule has 3 rings (SSSR count). The Bertz CT molecular complexity index is 566. The molecule has 2 N–H and O–H groups in total. The maximum absolute atomic E-state index is 11.7. The predicted octanol–water partition coefficient (Wildman–Crippen LogP) is 0.556. The Balaban J connectivity index is 1.97. The van der Waals surface area contributed by atoms with E-state index in [9.17, 15) is 10.1 Å². The molecule has 0 unspecified atom stereocenters. The second kappa shape index (κ2) is 4.28. The SMILES string of the molecule is COC(=O)N1C[C@H]2Cc3nc(N)sc3[C@@H](C1)N2C#N. The van der Waals surface area contributed by atoms with Crippen LogP contribution in [0.3, 0.4) is 0 Å². The van der Waals surface area contributed by atoms with E-state index in [4.69, 9.17) is 10.5 Å². The van der Waals surface area contributed by atoms with Crippen molar-refractivity contribution >= 4 is 22.6 Å². The van der Waals surface area contributed by atoms with E-state index in [1.807, 2.05) is 0 Å². The van der Waals surface area contributed by atoms with E-state index in [0.29, 0.717) is 24.6 Å². The minimum absolute atomic E-state index is 0.0446. The van der Waals surface area contributed by atoms with E-state index in [2.05, 4.69) is 11.2 Å². The molecule has 0 saturated carbocycles. The standard InChI is InChI=1S/C11H13N5O2S/c1-18-11(17)15-3-6-2-7-9(19-10(13)14-7)8(4-15)16(6)5-12/h6,8H,2-4H2,1H3,(H2,13,14)/t6-,8-/m1/s1. The topological polar surface area (TPSA) is 95.5 Å². The first kappa shape index (κ1) is 12.0. The molecule has 0 radical (unpaired) electrons. The van der Waals surface area contributed by atoms with Gasteiger partial charge in [0.1, 0.15) is 0 Å². The van der Waals surface area contributed by atoms with Crippen LogP contribution in [-0.2, 0) is 11.2 Å². The third-order valence-corrected chi connectivity index (χ3v) is 4.61. The van der Waals surface area contributed by atoms with Gasteiger partial charge in [-0.25, -0.2) is 9.78 Å². The first-order chi connectivity index (χ1) is 9.13. The number of hydrogen-bond acceptors (Lipinski definition) is 7. The molecule has 100 valence electrons. The molecule has 0 spiro atoms. The zero-order valence-electron chi connectivity index (χ0n) is 10.4. The van der Waals surface area contributed by atoms with Crippen molar-refractivity contribution in [1.82, 2.24) is 14.8 Å². The lowest BCUT2D eigenvalue weighted by Crippen LogP contribution is -2.57. The largest absolute Gasteiger partial charge is 0.453 e. The van der Waals surface area contributed by atoms with Gasteiger partial charge >= 0.3 is 6.09 Å². The van der Waals surface area contributed by atoms with Gasteiger partial charge in [-0.2, -0.15) is 5.26 Å². The van der Waals surface area contributed by atoms with Crippen molar-refractivity contribution in [3.63, 3.8) is 0 Å². The first-order valence-electron chi connectivity index (χ1n) is 5.90. The highest BCUT2D eigenvalue weighted by Crippen LogP contribution is 2.40. The van der Waals surface area contributed by atoms with Crippen molar-refractivity contribution < 1.29 is 9.53 Å². The lowest BCUT2D eigenvalue weighted by atomic mass is 9.94. The zero-order valence-corrected chi connectivity index (χ0v) is 11.2. The molecule has 1 fully saturated rings. The summed E-state index contributed by atoms with van der Waals surface area (Å²) in [6.07, 6.45) is 2.51. The van der Waals surface area contributed by atoms with Crippen LogP contribution in [0.1, 0.15) is 16.6 Å². The summed E-state index contributed by atoms with van der Waals surface area (Å²) >= 11 is 1.39. The van der Waals surface area contributed by atoms with Crippen molar-refractivity contribution in [2.24, 2.45) is 0 Å². The molecule has 2 aliphatic heterocycles. The first-order valence-corrected chi connectivity index (χ1v) is 6.71. The zero-order chi connectivity index (χ0) is 13.6. The van der Waals surface area contributed by atoms with E-state index in [1.54, 1.807) is 9.80 Å². The van der Waals surface area contributed by atoms with Crippen molar-refractivity contribution in [3.8, 4) is 6.19 Å². The summed E-state index contributed by atoms with van der Waals surface area (Å²) in [4.78, 5) is 20.4. The molecule has 2 atom stereocenters. The number of ether oxygens (including phenoxy) is 1. The second-order valence-electron chi connectivity index (χ2n) is 4.62. The minimum atomic E-state index is -0.353. The Labute approximate surface area is 114 Å². The fraction of sp³-hybridized carbons (Fsp3) is 0.545. The Morgan fingerprint density at radius 2 is 2.42 bits per heavy atom. The molecule has 2 bridgehead atoms. The van der Waals surface area contributed by atoms with Gasteiger partial charge in [-0.3, -0.25) is 4.90 Å². The number of thiazole rings is 1. The normalized spacial score (nSPS) is 24.6. The van der Waals surface area contributed by atoms with Crippen LogP contribution in [0.15, 0.2) is 0 Å². The molecule has 7 nitrogen and oxygen atoms in total. The van der Waals surface area contributed by atoms with E-state index in [0.717, 1.165) is 10.6 Å². The van der Waals surface area contributed by atoms with Gasteiger partial charge in [-0.15, -0.1) is 0 Å². The number of fused-ring (bicyclic) bond motifs is 4. The highest BCUT2D eigenvalue weighted by atomic mass is 32.1. The Hall–Kier alpha value is -2.01. The van der Waals surface area contributed by atoms with Crippen LogP contribution >= 0.6 is 11.3 Å². The number of nitrogens with zero attached hydrogens (tertiary/aromatic N) is 4. The monoisotopic (exact) mass is 279 g/mol. The minimum Gasteiger partial charge on any atom is -0.453 e. The summed E-state index contributed by atoms with van der Waals surface area (Å²) in [6, 6.07) is -0.196. The number of hydrogen-bond donors (Lipinski definition) is 1. The smallest absolute Gasteiger partial charge is 0.409 e. The highest BCUT2D eigenvalue weighted by molar-refractivity contribution is 7.15. The molecule has 0 aliphatic carbocycles. The number of rotatable bonds is 0. The predicted molar refractivity (Wildman–Crippen MR) is 68.2 cm³/mol. The Morgan fingerprint density at radius 1 is 1.63 bits per heavy atom. The van der Waals surface area contributed by atoms with Gasteiger partial charge in [0.2, 0.25) is 0 Å². The molecule has 0 aromatic carbocycles. The molecule has 8 heteroatoms. The third-order valence-electron chi connectivity index (χ3n) is 3.58.